The summed E-state index contributed by atoms with van der Waals surface area (Å²) in [5, 5.41) is 0. The molecule has 0 aliphatic rings. The average molecular weight is 276 g/mol. The SMILES string of the molecule is Cc1cccc(OCCC(NN)c2ccc(C)s2)c1. The summed E-state index contributed by atoms with van der Waals surface area (Å²) >= 11 is 1.77. The average Bonchev–Trinajstić information content (AvgIpc) is 2.81. The van der Waals surface area contributed by atoms with Gasteiger partial charge in [-0.1, -0.05) is 12.1 Å². The van der Waals surface area contributed by atoms with Gasteiger partial charge >= 0.3 is 0 Å². The zero-order chi connectivity index (χ0) is 13.7. The summed E-state index contributed by atoms with van der Waals surface area (Å²) in [6, 6.07) is 12.5. The highest BCUT2D eigenvalue weighted by Gasteiger charge is 2.11. The molecular formula is C15H20N2OS. The lowest BCUT2D eigenvalue weighted by Gasteiger charge is -2.15. The fourth-order valence-electron chi connectivity index (χ4n) is 1.95. The van der Waals surface area contributed by atoms with Crippen molar-refractivity contribution in [2.24, 2.45) is 5.84 Å². The highest BCUT2D eigenvalue weighted by molar-refractivity contribution is 7.12. The monoisotopic (exact) mass is 276 g/mol. The molecule has 19 heavy (non-hydrogen) atoms. The molecule has 0 saturated heterocycles. The first kappa shape index (κ1) is 14.1. The Balaban J connectivity index is 1.87. The Labute approximate surface area is 118 Å². The maximum atomic E-state index is 5.76. The lowest BCUT2D eigenvalue weighted by atomic mass is 10.2. The first-order valence-electron chi connectivity index (χ1n) is 6.41. The molecule has 102 valence electrons. The number of hydrogen-bond acceptors (Lipinski definition) is 4. The van der Waals surface area contributed by atoms with Crippen molar-refractivity contribution >= 4 is 11.3 Å². The van der Waals surface area contributed by atoms with Gasteiger partial charge in [0.2, 0.25) is 0 Å². The molecule has 3 nitrogen and oxygen atoms in total. The van der Waals surface area contributed by atoms with Gasteiger partial charge < -0.3 is 4.74 Å². The van der Waals surface area contributed by atoms with E-state index in [1.807, 2.05) is 18.2 Å². The second kappa shape index (κ2) is 6.70. The van der Waals surface area contributed by atoms with Crippen molar-refractivity contribution in [2.45, 2.75) is 26.3 Å². The van der Waals surface area contributed by atoms with E-state index in [-0.39, 0.29) is 6.04 Å². The summed E-state index contributed by atoms with van der Waals surface area (Å²) in [4.78, 5) is 2.56. The van der Waals surface area contributed by atoms with Gasteiger partial charge in [0.25, 0.3) is 0 Å². The van der Waals surface area contributed by atoms with Crippen LogP contribution in [0.3, 0.4) is 0 Å². The van der Waals surface area contributed by atoms with Gasteiger partial charge in [0.1, 0.15) is 5.75 Å². The van der Waals surface area contributed by atoms with Crippen molar-refractivity contribution in [2.75, 3.05) is 6.61 Å². The summed E-state index contributed by atoms with van der Waals surface area (Å²) < 4.78 is 5.76. The van der Waals surface area contributed by atoms with Gasteiger partial charge in [-0.25, -0.2) is 0 Å². The number of hydrazine groups is 1. The quantitative estimate of drug-likeness (QED) is 0.628. The van der Waals surface area contributed by atoms with Crippen LogP contribution in [0, 0.1) is 13.8 Å². The number of hydrogen-bond donors (Lipinski definition) is 2. The smallest absolute Gasteiger partial charge is 0.119 e. The van der Waals surface area contributed by atoms with E-state index in [0.29, 0.717) is 6.61 Å². The van der Waals surface area contributed by atoms with E-state index < -0.39 is 0 Å². The Bertz CT molecular complexity index is 524. The van der Waals surface area contributed by atoms with Crippen molar-refractivity contribution in [3.05, 3.63) is 51.7 Å². The number of ether oxygens (including phenoxy) is 1. The van der Waals surface area contributed by atoms with Crippen LogP contribution in [0.25, 0.3) is 0 Å². The van der Waals surface area contributed by atoms with Crippen LogP contribution >= 0.6 is 11.3 Å². The minimum absolute atomic E-state index is 0.156. The van der Waals surface area contributed by atoms with Crippen molar-refractivity contribution in [3.8, 4) is 5.75 Å². The van der Waals surface area contributed by atoms with Gasteiger partial charge in [-0.2, -0.15) is 0 Å². The summed E-state index contributed by atoms with van der Waals surface area (Å²) in [5.74, 6) is 6.53. The molecule has 4 heteroatoms. The fraction of sp³-hybridized carbons (Fsp3) is 0.333. The Hall–Kier alpha value is -1.36. The van der Waals surface area contributed by atoms with Crippen LogP contribution < -0.4 is 16.0 Å². The standard InChI is InChI=1S/C15H20N2OS/c1-11-4-3-5-13(10-11)18-9-8-14(17-16)15-7-6-12(2)19-15/h3-7,10,14,17H,8-9,16H2,1-2H3. The molecule has 1 atom stereocenters. The Morgan fingerprint density at radius 3 is 2.74 bits per heavy atom. The Morgan fingerprint density at radius 1 is 1.26 bits per heavy atom. The number of nitrogens with two attached hydrogens (primary N) is 1. The molecule has 0 amide bonds. The van der Waals surface area contributed by atoms with E-state index in [0.717, 1.165) is 12.2 Å². The third kappa shape index (κ3) is 4.06. The molecule has 0 saturated carbocycles. The van der Waals surface area contributed by atoms with Crippen LogP contribution in [0.15, 0.2) is 36.4 Å². The number of rotatable bonds is 6. The molecule has 0 fully saturated rings. The fourth-order valence-corrected chi connectivity index (χ4v) is 2.92. The third-order valence-corrected chi connectivity index (χ3v) is 4.08. The zero-order valence-corrected chi connectivity index (χ0v) is 12.2. The van der Waals surface area contributed by atoms with E-state index in [9.17, 15) is 0 Å². The minimum atomic E-state index is 0.156. The van der Waals surface area contributed by atoms with Gasteiger partial charge in [0.05, 0.1) is 12.6 Å². The summed E-state index contributed by atoms with van der Waals surface area (Å²) in [6.45, 7) is 4.81. The van der Waals surface area contributed by atoms with Gasteiger partial charge in [0.15, 0.2) is 0 Å². The molecule has 0 aliphatic carbocycles. The second-order valence-electron chi connectivity index (χ2n) is 4.62. The molecule has 1 aromatic heterocycles. The summed E-state index contributed by atoms with van der Waals surface area (Å²) in [7, 11) is 0. The van der Waals surface area contributed by atoms with Crippen molar-refractivity contribution < 1.29 is 4.74 Å². The predicted molar refractivity (Wildman–Crippen MR) is 80.4 cm³/mol. The first-order valence-corrected chi connectivity index (χ1v) is 7.22. The third-order valence-electron chi connectivity index (χ3n) is 2.97. The number of aryl methyl sites for hydroxylation is 2. The van der Waals surface area contributed by atoms with Crippen LogP contribution in [-0.4, -0.2) is 6.61 Å². The van der Waals surface area contributed by atoms with Crippen molar-refractivity contribution in [3.63, 3.8) is 0 Å². The van der Waals surface area contributed by atoms with Gasteiger partial charge in [-0.15, -0.1) is 11.3 Å². The molecule has 0 spiro atoms. The molecule has 2 aromatic rings. The van der Waals surface area contributed by atoms with Crippen LogP contribution in [0.2, 0.25) is 0 Å². The van der Waals surface area contributed by atoms with Crippen LogP contribution in [0.1, 0.15) is 27.8 Å². The maximum Gasteiger partial charge on any atom is 0.119 e. The van der Waals surface area contributed by atoms with Gasteiger partial charge in [-0.3, -0.25) is 11.3 Å². The second-order valence-corrected chi connectivity index (χ2v) is 5.94. The van der Waals surface area contributed by atoms with E-state index >= 15 is 0 Å². The van der Waals surface area contributed by atoms with E-state index in [1.165, 1.54) is 15.3 Å². The van der Waals surface area contributed by atoms with Gasteiger partial charge in [0, 0.05) is 16.2 Å². The lowest BCUT2D eigenvalue weighted by molar-refractivity contribution is 0.288. The summed E-state index contributed by atoms with van der Waals surface area (Å²) in [5.41, 5.74) is 4.07. The molecule has 0 aliphatic heterocycles. The van der Waals surface area contributed by atoms with Crippen LogP contribution in [0.4, 0.5) is 0 Å². The Kier molecular flexibility index (Phi) is 4.96. The molecule has 1 heterocycles. The molecule has 0 radical (unpaired) electrons. The molecule has 3 N–H and O–H groups in total. The maximum absolute atomic E-state index is 5.76. The van der Waals surface area contributed by atoms with E-state index in [1.54, 1.807) is 11.3 Å². The molecular weight excluding hydrogens is 256 g/mol. The van der Waals surface area contributed by atoms with Crippen LogP contribution in [0.5, 0.6) is 5.75 Å². The number of benzene rings is 1. The molecule has 1 aromatic carbocycles. The van der Waals surface area contributed by atoms with E-state index in [2.05, 4.69) is 37.5 Å². The largest absolute Gasteiger partial charge is 0.494 e. The lowest BCUT2D eigenvalue weighted by Crippen LogP contribution is -2.28. The number of nitrogens with one attached hydrogen (secondary N) is 1. The minimum Gasteiger partial charge on any atom is -0.494 e. The first-order chi connectivity index (χ1) is 9.19. The van der Waals surface area contributed by atoms with Crippen LogP contribution in [-0.2, 0) is 0 Å². The predicted octanol–water partition coefficient (Wildman–Crippen LogP) is 3.34. The Morgan fingerprint density at radius 2 is 2.11 bits per heavy atom. The van der Waals surface area contributed by atoms with E-state index in [4.69, 9.17) is 10.6 Å². The molecule has 2 rings (SSSR count). The van der Waals surface area contributed by atoms with Crippen molar-refractivity contribution in [1.82, 2.24) is 5.43 Å². The zero-order valence-electron chi connectivity index (χ0n) is 11.3. The molecule has 0 bridgehead atoms. The van der Waals surface area contributed by atoms with Crippen molar-refractivity contribution in [1.29, 1.82) is 0 Å². The number of thiophene rings is 1. The topological polar surface area (TPSA) is 47.3 Å². The highest BCUT2D eigenvalue weighted by atomic mass is 32.1. The van der Waals surface area contributed by atoms with Gasteiger partial charge in [-0.05, 0) is 43.7 Å². The molecule has 1 unspecified atom stereocenters. The normalized spacial score (nSPS) is 12.4. The summed E-state index contributed by atoms with van der Waals surface area (Å²) in [6.07, 6.45) is 0.852. The highest BCUT2D eigenvalue weighted by Crippen LogP contribution is 2.24.